The van der Waals surface area contributed by atoms with Gasteiger partial charge in [-0.15, -0.1) is 0 Å². The molecule has 0 amide bonds. The van der Waals surface area contributed by atoms with Crippen molar-refractivity contribution in [3.05, 3.63) is 63.5 Å². The summed E-state index contributed by atoms with van der Waals surface area (Å²) in [5.74, 6) is -3.51. The summed E-state index contributed by atoms with van der Waals surface area (Å²) in [7, 11) is 0. The Morgan fingerprint density at radius 3 is 2.42 bits per heavy atom. The maximum absolute atomic E-state index is 13.3. The first-order chi connectivity index (χ1) is 12.3. The Hall–Kier alpha value is -3.27. The minimum Gasteiger partial charge on any atom is -0.462 e. The molecule has 0 atom stereocenters. The molecular weight excluding hydrogens is 342 g/mol. The Morgan fingerprint density at radius 1 is 1.19 bits per heavy atom. The molecule has 5 nitrogen and oxygen atoms in total. The van der Waals surface area contributed by atoms with Crippen LogP contribution in [0.25, 0.3) is 6.08 Å². The van der Waals surface area contributed by atoms with Crippen molar-refractivity contribution in [2.45, 2.75) is 20.8 Å². The van der Waals surface area contributed by atoms with Crippen LogP contribution in [-0.4, -0.2) is 23.3 Å². The van der Waals surface area contributed by atoms with E-state index in [1.165, 1.54) is 6.07 Å². The molecular formula is C19H16F2N2O3. The fourth-order valence-corrected chi connectivity index (χ4v) is 2.58. The summed E-state index contributed by atoms with van der Waals surface area (Å²) in [5, 5.41) is 9.34. The number of allylic oxidation sites excluding steroid dienone is 1. The smallest absolute Gasteiger partial charge is 0.340 e. The second kappa shape index (κ2) is 7.74. The molecule has 0 aliphatic carbocycles. The SMILES string of the molecule is CCOC(=O)c1c(C)[nH]c(C)c1C(=O)/C(C#N)=C/c1ccc(F)c(F)c1. The highest BCUT2D eigenvalue weighted by molar-refractivity contribution is 6.19. The normalized spacial score (nSPS) is 11.2. The molecule has 1 aromatic heterocycles. The van der Waals surface area contributed by atoms with E-state index in [2.05, 4.69) is 4.98 Å². The summed E-state index contributed by atoms with van der Waals surface area (Å²) >= 11 is 0. The molecule has 0 bridgehead atoms. The van der Waals surface area contributed by atoms with Gasteiger partial charge < -0.3 is 9.72 Å². The molecule has 2 aromatic rings. The summed E-state index contributed by atoms with van der Waals surface area (Å²) in [6.45, 7) is 4.97. The highest BCUT2D eigenvalue weighted by Gasteiger charge is 2.27. The van der Waals surface area contributed by atoms with Crippen LogP contribution in [0.5, 0.6) is 0 Å². The summed E-state index contributed by atoms with van der Waals surface area (Å²) in [6, 6.07) is 4.76. The van der Waals surface area contributed by atoms with E-state index in [0.29, 0.717) is 11.4 Å². The van der Waals surface area contributed by atoms with Crippen molar-refractivity contribution >= 4 is 17.8 Å². The van der Waals surface area contributed by atoms with E-state index in [0.717, 1.165) is 18.2 Å². The minimum absolute atomic E-state index is 0.0244. The number of aryl methyl sites for hydroxylation is 2. The third kappa shape index (κ3) is 3.70. The van der Waals surface area contributed by atoms with Crippen molar-refractivity contribution in [1.82, 2.24) is 4.98 Å². The van der Waals surface area contributed by atoms with Crippen LogP contribution in [0, 0.1) is 36.8 Å². The largest absolute Gasteiger partial charge is 0.462 e. The summed E-state index contributed by atoms with van der Waals surface area (Å²) in [6.07, 6.45) is 1.14. The Kier molecular flexibility index (Phi) is 5.68. The van der Waals surface area contributed by atoms with Gasteiger partial charge in [-0.05, 0) is 44.5 Å². The van der Waals surface area contributed by atoms with Crippen molar-refractivity contribution in [2.24, 2.45) is 0 Å². The zero-order valence-corrected chi connectivity index (χ0v) is 14.4. The number of hydrogen-bond acceptors (Lipinski definition) is 4. The number of carbonyl (C=O) groups is 2. The van der Waals surface area contributed by atoms with Gasteiger partial charge in [-0.3, -0.25) is 4.79 Å². The van der Waals surface area contributed by atoms with E-state index in [-0.39, 0.29) is 28.9 Å². The van der Waals surface area contributed by atoms with Gasteiger partial charge >= 0.3 is 5.97 Å². The molecule has 0 radical (unpaired) electrons. The van der Waals surface area contributed by atoms with Gasteiger partial charge in [0.15, 0.2) is 11.6 Å². The number of ether oxygens (including phenoxy) is 1. The monoisotopic (exact) mass is 358 g/mol. The van der Waals surface area contributed by atoms with Gasteiger partial charge in [-0.25, -0.2) is 13.6 Å². The van der Waals surface area contributed by atoms with Crippen LogP contribution in [0.15, 0.2) is 23.8 Å². The topological polar surface area (TPSA) is 83.0 Å². The third-order valence-electron chi connectivity index (χ3n) is 3.70. The predicted molar refractivity (Wildman–Crippen MR) is 90.5 cm³/mol. The average Bonchev–Trinajstić information content (AvgIpc) is 2.89. The number of aromatic amines is 1. The number of aromatic nitrogens is 1. The predicted octanol–water partition coefficient (Wildman–Crippen LogP) is 3.88. The molecule has 1 N–H and O–H groups in total. The Labute approximate surface area is 148 Å². The molecule has 0 fully saturated rings. The maximum atomic E-state index is 13.3. The van der Waals surface area contributed by atoms with E-state index in [1.54, 1.807) is 26.8 Å². The van der Waals surface area contributed by atoms with Crippen molar-refractivity contribution in [2.75, 3.05) is 6.61 Å². The second-order valence-electron chi connectivity index (χ2n) is 5.52. The lowest BCUT2D eigenvalue weighted by Gasteiger charge is -2.05. The van der Waals surface area contributed by atoms with E-state index in [9.17, 15) is 23.6 Å². The van der Waals surface area contributed by atoms with Crippen LogP contribution >= 0.6 is 0 Å². The van der Waals surface area contributed by atoms with Gasteiger partial charge in [0.25, 0.3) is 0 Å². The van der Waals surface area contributed by atoms with E-state index in [1.807, 2.05) is 0 Å². The first-order valence-corrected chi connectivity index (χ1v) is 7.78. The number of hydrogen-bond donors (Lipinski definition) is 1. The van der Waals surface area contributed by atoms with Crippen LogP contribution in [0.3, 0.4) is 0 Å². The number of Topliss-reactive ketones (excluding diaryl/α,β-unsaturated/α-hetero) is 1. The van der Waals surface area contributed by atoms with Crippen LogP contribution in [0.2, 0.25) is 0 Å². The number of rotatable bonds is 5. The van der Waals surface area contributed by atoms with Crippen LogP contribution in [-0.2, 0) is 4.74 Å². The highest BCUT2D eigenvalue weighted by atomic mass is 19.2. The number of H-pyrrole nitrogens is 1. The number of halogens is 2. The zero-order valence-electron chi connectivity index (χ0n) is 14.4. The molecule has 134 valence electrons. The van der Waals surface area contributed by atoms with Crippen LogP contribution in [0.1, 0.15) is 44.6 Å². The van der Waals surface area contributed by atoms with Crippen molar-refractivity contribution in [3.63, 3.8) is 0 Å². The van der Waals surface area contributed by atoms with E-state index in [4.69, 9.17) is 4.74 Å². The van der Waals surface area contributed by atoms with Crippen molar-refractivity contribution in [1.29, 1.82) is 5.26 Å². The molecule has 0 unspecified atom stereocenters. The molecule has 26 heavy (non-hydrogen) atoms. The van der Waals surface area contributed by atoms with Gasteiger partial charge in [-0.2, -0.15) is 5.26 Å². The van der Waals surface area contributed by atoms with Crippen molar-refractivity contribution < 1.29 is 23.1 Å². The number of nitrogens with zero attached hydrogens (tertiary/aromatic N) is 1. The summed E-state index contributed by atoms with van der Waals surface area (Å²) in [4.78, 5) is 27.9. The first-order valence-electron chi connectivity index (χ1n) is 7.78. The summed E-state index contributed by atoms with van der Waals surface area (Å²) in [5.41, 5.74) is 0.758. The lowest BCUT2D eigenvalue weighted by Crippen LogP contribution is -2.13. The maximum Gasteiger partial charge on any atom is 0.340 e. The number of ketones is 1. The Morgan fingerprint density at radius 2 is 1.85 bits per heavy atom. The number of carbonyl (C=O) groups excluding carboxylic acids is 2. The van der Waals surface area contributed by atoms with Crippen molar-refractivity contribution in [3.8, 4) is 6.07 Å². The molecule has 0 aliphatic heterocycles. The number of benzene rings is 1. The number of esters is 1. The first kappa shape index (κ1) is 19.1. The van der Waals surface area contributed by atoms with E-state index < -0.39 is 23.4 Å². The standard InChI is InChI=1S/C19H16F2N2O3/c1-4-26-19(25)17-11(3)23-10(2)16(17)18(24)13(9-22)7-12-5-6-14(20)15(21)8-12/h5-8,23H,4H2,1-3H3/b13-7+. The fraction of sp³-hybridized carbons (Fsp3) is 0.211. The van der Waals surface area contributed by atoms with Gasteiger partial charge in [0, 0.05) is 11.4 Å². The quantitative estimate of drug-likeness (QED) is 0.381. The Bertz CT molecular complexity index is 952. The fourth-order valence-electron chi connectivity index (χ4n) is 2.58. The second-order valence-corrected chi connectivity index (χ2v) is 5.52. The summed E-state index contributed by atoms with van der Waals surface area (Å²) < 4.78 is 31.3. The molecule has 0 saturated carbocycles. The molecule has 1 aromatic carbocycles. The lowest BCUT2D eigenvalue weighted by atomic mass is 9.98. The third-order valence-corrected chi connectivity index (χ3v) is 3.70. The average molecular weight is 358 g/mol. The zero-order chi connectivity index (χ0) is 19.4. The van der Waals surface area contributed by atoms with E-state index >= 15 is 0 Å². The minimum atomic E-state index is -1.09. The molecule has 0 aliphatic rings. The number of nitrogens with one attached hydrogen (secondary N) is 1. The van der Waals surface area contributed by atoms with Gasteiger partial charge in [0.1, 0.15) is 11.6 Å². The molecule has 2 rings (SSSR count). The van der Waals surface area contributed by atoms with Gasteiger partial charge in [0.2, 0.25) is 5.78 Å². The van der Waals surface area contributed by atoms with Crippen LogP contribution < -0.4 is 0 Å². The Balaban J connectivity index is 2.53. The molecule has 0 spiro atoms. The van der Waals surface area contributed by atoms with Gasteiger partial charge in [-0.1, -0.05) is 6.07 Å². The van der Waals surface area contributed by atoms with Crippen LogP contribution in [0.4, 0.5) is 8.78 Å². The number of nitriles is 1. The highest BCUT2D eigenvalue weighted by Crippen LogP contribution is 2.24. The molecule has 0 saturated heterocycles. The lowest BCUT2D eigenvalue weighted by molar-refractivity contribution is 0.0523. The van der Waals surface area contributed by atoms with Gasteiger partial charge in [0.05, 0.1) is 17.7 Å². The molecule has 7 heteroatoms. The molecule has 1 heterocycles.